The van der Waals surface area contributed by atoms with Crippen molar-refractivity contribution in [2.24, 2.45) is 0 Å². The van der Waals surface area contributed by atoms with E-state index in [0.29, 0.717) is 0 Å². The molecule has 0 aliphatic heterocycles. The summed E-state index contributed by atoms with van der Waals surface area (Å²) in [6, 6.07) is 19.3. The molecule has 0 N–H and O–H groups in total. The third-order valence-corrected chi connectivity index (χ3v) is 15.7. The monoisotopic (exact) mass is 367 g/mol. The Bertz CT molecular complexity index is 844. The van der Waals surface area contributed by atoms with Crippen LogP contribution in [0.2, 0.25) is 39.3 Å². The van der Waals surface area contributed by atoms with Gasteiger partial charge in [0.15, 0.2) is 0 Å². The number of fused-ring (bicyclic) bond motifs is 1. The Morgan fingerprint density at radius 2 is 1.36 bits per heavy atom. The number of benzene rings is 2. The largest absolute Gasteiger partial charge is 0.244 e. The molecule has 0 fully saturated rings. The number of para-hydroxylation sites is 1. The van der Waals surface area contributed by atoms with Crippen molar-refractivity contribution in [1.82, 2.24) is 15.0 Å². The van der Waals surface area contributed by atoms with E-state index in [0.717, 1.165) is 11.9 Å². The second kappa shape index (κ2) is 6.21. The fraction of sp³-hybridized carbons (Fsp3) is 0.400. The van der Waals surface area contributed by atoms with Crippen LogP contribution >= 0.6 is 0 Å². The van der Waals surface area contributed by atoms with Gasteiger partial charge < -0.3 is 0 Å². The summed E-state index contributed by atoms with van der Waals surface area (Å²) < 4.78 is 2.31. The molecular formula is C20H29N3Si2. The third-order valence-electron chi connectivity index (χ3n) is 5.50. The molecular weight excluding hydrogens is 338 g/mol. The molecule has 0 saturated carbocycles. The zero-order valence-electron chi connectivity index (χ0n) is 16.2. The smallest absolute Gasteiger partial charge is 0.113 e. The van der Waals surface area contributed by atoms with Gasteiger partial charge in [-0.05, 0) is 24.1 Å². The zero-order valence-corrected chi connectivity index (χ0v) is 18.2. The van der Waals surface area contributed by atoms with Crippen LogP contribution in [0.3, 0.4) is 0 Å². The van der Waals surface area contributed by atoms with Crippen LogP contribution in [0.15, 0.2) is 54.6 Å². The Labute approximate surface area is 153 Å². The van der Waals surface area contributed by atoms with Crippen molar-refractivity contribution < 1.29 is 0 Å². The topological polar surface area (TPSA) is 30.7 Å². The maximum absolute atomic E-state index is 4.73. The van der Waals surface area contributed by atoms with Crippen molar-refractivity contribution in [1.29, 1.82) is 0 Å². The van der Waals surface area contributed by atoms with E-state index >= 15 is 0 Å². The number of nitrogens with zero attached hydrogens (tertiary/aromatic N) is 3. The molecule has 0 aliphatic rings. The second-order valence-corrected chi connectivity index (χ2v) is 20.2. The van der Waals surface area contributed by atoms with Crippen molar-refractivity contribution in [2.45, 2.75) is 50.5 Å². The minimum Gasteiger partial charge on any atom is -0.244 e. The summed E-state index contributed by atoms with van der Waals surface area (Å²) in [5.74, 6) is 0. The molecule has 3 aromatic rings. The summed E-state index contributed by atoms with van der Waals surface area (Å²) >= 11 is 0. The highest BCUT2D eigenvalue weighted by Gasteiger charge is 2.55. The molecule has 3 rings (SSSR count). The first-order chi connectivity index (χ1) is 11.7. The fourth-order valence-electron chi connectivity index (χ4n) is 4.41. The van der Waals surface area contributed by atoms with Gasteiger partial charge in [-0.25, -0.2) is 4.68 Å². The van der Waals surface area contributed by atoms with E-state index in [4.69, 9.17) is 5.21 Å². The molecule has 0 spiro atoms. The van der Waals surface area contributed by atoms with Crippen LogP contribution in [0.4, 0.5) is 0 Å². The van der Waals surface area contributed by atoms with Crippen molar-refractivity contribution in [3.63, 3.8) is 0 Å². The van der Waals surface area contributed by atoms with Gasteiger partial charge in [-0.3, -0.25) is 0 Å². The van der Waals surface area contributed by atoms with Gasteiger partial charge in [0.25, 0.3) is 0 Å². The molecule has 25 heavy (non-hydrogen) atoms. The van der Waals surface area contributed by atoms with Crippen LogP contribution in [-0.2, 0) is 11.2 Å². The molecule has 3 nitrogen and oxygen atoms in total. The van der Waals surface area contributed by atoms with E-state index in [-0.39, 0.29) is 4.79 Å². The zero-order chi connectivity index (χ0) is 18.3. The predicted molar refractivity (Wildman–Crippen MR) is 112 cm³/mol. The van der Waals surface area contributed by atoms with E-state index < -0.39 is 16.1 Å². The lowest BCUT2D eigenvalue weighted by Crippen LogP contribution is -2.68. The fourth-order valence-corrected chi connectivity index (χ4v) is 16.5. The molecule has 1 aromatic heterocycles. The van der Waals surface area contributed by atoms with Crippen LogP contribution in [0.25, 0.3) is 11.0 Å². The summed E-state index contributed by atoms with van der Waals surface area (Å²) in [4.78, 5) is 0.0530. The maximum Gasteiger partial charge on any atom is 0.113 e. The Kier molecular flexibility index (Phi) is 4.49. The minimum atomic E-state index is -1.65. The van der Waals surface area contributed by atoms with Crippen LogP contribution in [-0.4, -0.2) is 31.1 Å². The molecule has 5 heteroatoms. The molecule has 0 bridgehead atoms. The highest BCUT2D eigenvalue weighted by atomic mass is 28.4. The lowest BCUT2D eigenvalue weighted by Gasteiger charge is -2.52. The van der Waals surface area contributed by atoms with Crippen molar-refractivity contribution in [3.8, 4) is 0 Å². The van der Waals surface area contributed by atoms with Gasteiger partial charge in [-0.15, -0.1) is 5.10 Å². The van der Waals surface area contributed by atoms with E-state index in [1.807, 2.05) is 6.07 Å². The Hall–Kier alpha value is -1.73. The Balaban J connectivity index is 2.31. The highest BCUT2D eigenvalue weighted by Crippen LogP contribution is 2.42. The van der Waals surface area contributed by atoms with Crippen LogP contribution < -0.4 is 0 Å². The molecule has 1 heterocycles. The first kappa shape index (κ1) is 18.1. The first-order valence-corrected chi connectivity index (χ1v) is 16.0. The summed E-state index contributed by atoms with van der Waals surface area (Å²) in [5, 5.41) is 9.24. The number of aromatic nitrogens is 3. The van der Waals surface area contributed by atoms with Crippen LogP contribution in [0, 0.1) is 0 Å². The van der Waals surface area contributed by atoms with E-state index in [1.54, 1.807) is 0 Å². The summed E-state index contributed by atoms with van der Waals surface area (Å²) in [6.07, 6.45) is 1.03. The highest BCUT2D eigenvalue weighted by molar-refractivity contribution is 6.97. The maximum atomic E-state index is 4.73. The number of rotatable bonds is 5. The summed E-state index contributed by atoms with van der Waals surface area (Å²) in [7, 11) is -3.31. The predicted octanol–water partition coefficient (Wildman–Crippen LogP) is 5.12. The normalized spacial score (nSPS) is 13.4. The first-order valence-electron chi connectivity index (χ1n) is 9.02. The minimum absolute atomic E-state index is 0.0530. The van der Waals surface area contributed by atoms with Gasteiger partial charge >= 0.3 is 0 Å². The molecule has 0 amide bonds. The Morgan fingerprint density at radius 3 is 1.96 bits per heavy atom. The van der Waals surface area contributed by atoms with Gasteiger partial charge in [-0.2, -0.15) is 0 Å². The average Bonchev–Trinajstić information content (AvgIpc) is 2.95. The van der Waals surface area contributed by atoms with Crippen LogP contribution in [0.5, 0.6) is 0 Å². The van der Waals surface area contributed by atoms with Crippen molar-refractivity contribution in [3.05, 3.63) is 60.2 Å². The van der Waals surface area contributed by atoms with Gasteiger partial charge in [0.2, 0.25) is 0 Å². The molecule has 0 unspecified atom stereocenters. The number of hydrogen-bond donors (Lipinski definition) is 0. The SMILES string of the molecule is C[Si](C)(C)C(Cc1ccccc1)(n1nnc2ccccc21)[Si](C)(C)C. The second-order valence-electron chi connectivity index (χ2n) is 9.01. The number of hydrogen-bond acceptors (Lipinski definition) is 2. The van der Waals surface area contributed by atoms with Crippen molar-refractivity contribution in [2.75, 3.05) is 0 Å². The van der Waals surface area contributed by atoms with Gasteiger partial charge in [-0.1, -0.05) is 87.0 Å². The van der Waals surface area contributed by atoms with E-state index in [2.05, 4.69) is 97.6 Å². The average molecular weight is 368 g/mol. The van der Waals surface area contributed by atoms with Gasteiger partial charge in [0, 0.05) is 0 Å². The molecule has 2 aromatic carbocycles. The quantitative estimate of drug-likeness (QED) is 0.586. The lowest BCUT2D eigenvalue weighted by molar-refractivity contribution is 0.481. The van der Waals surface area contributed by atoms with Gasteiger partial charge in [0.1, 0.15) is 5.52 Å². The summed E-state index contributed by atoms with van der Waals surface area (Å²) in [6.45, 7) is 14.9. The molecule has 0 radical (unpaired) electrons. The lowest BCUT2D eigenvalue weighted by atomic mass is 10.1. The van der Waals surface area contributed by atoms with Crippen LogP contribution in [0.1, 0.15) is 5.56 Å². The molecule has 0 atom stereocenters. The third kappa shape index (κ3) is 3.00. The molecule has 0 saturated heterocycles. The Morgan fingerprint density at radius 1 is 0.800 bits per heavy atom. The standard InChI is InChI=1S/C20H29N3Si2/c1-24(2,3)20(25(4,5)6,16-17-12-8-7-9-13-17)23-19-15-11-10-14-18(19)21-22-23/h7-15H,16H2,1-6H3. The van der Waals surface area contributed by atoms with E-state index in [9.17, 15) is 0 Å². The molecule has 0 aliphatic carbocycles. The van der Waals surface area contributed by atoms with Crippen molar-refractivity contribution >= 4 is 27.2 Å². The summed E-state index contributed by atoms with van der Waals surface area (Å²) in [5.41, 5.74) is 3.56. The van der Waals surface area contributed by atoms with E-state index in [1.165, 1.54) is 11.1 Å². The van der Waals surface area contributed by atoms with Gasteiger partial charge in [0.05, 0.1) is 26.4 Å². The molecule has 132 valence electrons.